The van der Waals surface area contributed by atoms with E-state index in [1.807, 2.05) is 0 Å². The van der Waals surface area contributed by atoms with Crippen LogP contribution in [0.4, 0.5) is 24.5 Å². The summed E-state index contributed by atoms with van der Waals surface area (Å²) in [5.41, 5.74) is -4.08. The Kier molecular flexibility index (Phi) is 6.54. The summed E-state index contributed by atoms with van der Waals surface area (Å²) in [5, 5.41) is 24.3. The van der Waals surface area contributed by atoms with Gasteiger partial charge in [0.05, 0.1) is 9.82 Å². The number of aliphatic hydroxyl groups is 1. The van der Waals surface area contributed by atoms with Crippen LogP contribution in [0.15, 0.2) is 39.6 Å². The first-order chi connectivity index (χ1) is 14.9. The van der Waals surface area contributed by atoms with Crippen molar-refractivity contribution in [3.8, 4) is 0 Å². The average Bonchev–Trinajstić information content (AvgIpc) is 3.39. The van der Waals surface area contributed by atoms with Crippen LogP contribution in [0.2, 0.25) is 0 Å². The van der Waals surface area contributed by atoms with Gasteiger partial charge in [-0.15, -0.1) is 0 Å². The van der Waals surface area contributed by atoms with Crippen LogP contribution < -0.4 is 5.32 Å². The Morgan fingerprint density at radius 1 is 1.22 bits per heavy atom. The van der Waals surface area contributed by atoms with Gasteiger partial charge in [0.15, 0.2) is 0 Å². The van der Waals surface area contributed by atoms with E-state index in [-0.39, 0.29) is 16.3 Å². The van der Waals surface area contributed by atoms with Gasteiger partial charge in [0, 0.05) is 32.1 Å². The van der Waals surface area contributed by atoms with Gasteiger partial charge in [0.2, 0.25) is 15.6 Å². The number of nitro groups is 1. The normalized spacial score (nSPS) is 17.3. The molecule has 0 saturated carbocycles. The lowest BCUT2D eigenvalue weighted by atomic mass is 9.95. The molecule has 2 N–H and O–H groups in total. The lowest BCUT2D eigenvalue weighted by molar-refractivity contribution is -0.384. The largest absolute Gasteiger partial charge is 0.463 e. The highest BCUT2D eigenvalue weighted by atomic mass is 32.2. The second-order valence-corrected chi connectivity index (χ2v) is 9.43. The van der Waals surface area contributed by atoms with Crippen LogP contribution in [-0.2, 0) is 15.6 Å². The van der Waals surface area contributed by atoms with Crippen LogP contribution in [0.5, 0.6) is 0 Å². The van der Waals surface area contributed by atoms with Crippen molar-refractivity contribution in [3.63, 3.8) is 0 Å². The molecule has 0 radical (unpaired) electrons. The minimum absolute atomic E-state index is 0.171. The third-order valence-electron chi connectivity index (χ3n) is 5.29. The first kappa shape index (κ1) is 24.0. The molecule has 0 unspecified atom stereocenters. The minimum Gasteiger partial charge on any atom is -0.463 e. The molecule has 1 aromatic heterocycles. The van der Waals surface area contributed by atoms with Crippen molar-refractivity contribution >= 4 is 21.4 Å². The number of nitrogens with zero attached hydrogens (tertiary/aromatic N) is 2. The molecule has 0 bridgehead atoms. The molecule has 0 amide bonds. The van der Waals surface area contributed by atoms with Gasteiger partial charge < -0.3 is 14.8 Å². The molecular formula is C19H22F3N3O6S. The number of anilines is 1. The third-order valence-corrected chi connectivity index (χ3v) is 7.18. The number of furan rings is 1. The fraction of sp³-hybridized carbons (Fsp3) is 0.474. The van der Waals surface area contributed by atoms with E-state index in [0.29, 0.717) is 25.9 Å². The standard InChI is InChI=1S/C19H22F3N3O6S/c1-13-4-7-17(31-13)18(26,19(20,21)22)8-9-23-15-6-5-14(12-16(15)25(27)28)32(29,30)24-10-2-3-11-24/h4-7,12,23,26H,2-3,8-11H2,1H3/t18-/m1/s1. The van der Waals surface area contributed by atoms with Crippen molar-refractivity contribution in [1.82, 2.24) is 4.31 Å². The van der Waals surface area contributed by atoms with E-state index in [1.165, 1.54) is 17.3 Å². The molecule has 1 aliphatic rings. The minimum atomic E-state index is -5.06. The SMILES string of the molecule is Cc1ccc([C@](O)(CCNc2ccc(S(=O)(=O)N3CCCC3)cc2[N+](=O)[O-])C(F)(F)F)o1. The molecule has 1 atom stereocenters. The summed E-state index contributed by atoms with van der Waals surface area (Å²) in [6, 6.07) is 5.47. The number of benzene rings is 1. The van der Waals surface area contributed by atoms with E-state index in [9.17, 15) is 36.8 Å². The molecule has 1 saturated heterocycles. The maximum atomic E-state index is 13.5. The molecule has 1 fully saturated rings. The summed E-state index contributed by atoms with van der Waals surface area (Å²) in [6.07, 6.45) is -4.57. The first-order valence-electron chi connectivity index (χ1n) is 9.75. The number of alkyl halides is 3. The predicted octanol–water partition coefficient (Wildman–Crippen LogP) is 3.53. The van der Waals surface area contributed by atoms with Gasteiger partial charge in [-0.2, -0.15) is 17.5 Å². The topological polar surface area (TPSA) is 126 Å². The van der Waals surface area contributed by atoms with E-state index in [4.69, 9.17) is 4.42 Å². The number of hydrogen-bond acceptors (Lipinski definition) is 7. The zero-order valence-corrected chi connectivity index (χ0v) is 17.9. The first-order valence-corrected chi connectivity index (χ1v) is 11.2. The van der Waals surface area contributed by atoms with Crippen LogP contribution >= 0.6 is 0 Å². The van der Waals surface area contributed by atoms with Crippen molar-refractivity contribution in [2.75, 3.05) is 25.0 Å². The summed E-state index contributed by atoms with van der Waals surface area (Å²) in [4.78, 5) is 10.4. The quantitative estimate of drug-likeness (QED) is 0.440. The second-order valence-electron chi connectivity index (χ2n) is 7.49. The monoisotopic (exact) mass is 477 g/mol. The number of nitro benzene ring substituents is 1. The van der Waals surface area contributed by atoms with Crippen molar-refractivity contribution < 1.29 is 36.0 Å². The number of sulfonamides is 1. The highest BCUT2D eigenvalue weighted by Crippen LogP contribution is 2.42. The zero-order chi connectivity index (χ0) is 23.7. The average molecular weight is 477 g/mol. The maximum Gasteiger partial charge on any atom is 0.424 e. The molecule has 2 aromatic rings. The van der Waals surface area contributed by atoms with E-state index < -0.39 is 51.1 Å². The summed E-state index contributed by atoms with van der Waals surface area (Å²) >= 11 is 0. The smallest absolute Gasteiger partial charge is 0.424 e. The van der Waals surface area contributed by atoms with Crippen molar-refractivity contribution in [3.05, 3.63) is 52.0 Å². The fourth-order valence-corrected chi connectivity index (χ4v) is 5.03. The Morgan fingerprint density at radius 2 is 1.88 bits per heavy atom. The van der Waals surface area contributed by atoms with Gasteiger partial charge >= 0.3 is 6.18 Å². The lowest BCUT2D eigenvalue weighted by Crippen LogP contribution is -2.43. The lowest BCUT2D eigenvalue weighted by Gasteiger charge is -2.28. The molecule has 13 heteroatoms. The van der Waals surface area contributed by atoms with Gasteiger partial charge in [0.1, 0.15) is 17.2 Å². The van der Waals surface area contributed by atoms with E-state index >= 15 is 0 Å². The van der Waals surface area contributed by atoms with Crippen LogP contribution in [0.3, 0.4) is 0 Å². The highest BCUT2D eigenvalue weighted by Gasteiger charge is 2.56. The Labute approximate surface area is 182 Å². The highest BCUT2D eigenvalue weighted by molar-refractivity contribution is 7.89. The Hall–Kier alpha value is -2.64. The van der Waals surface area contributed by atoms with E-state index in [1.54, 1.807) is 0 Å². The van der Waals surface area contributed by atoms with Crippen LogP contribution in [0.25, 0.3) is 0 Å². The van der Waals surface area contributed by atoms with E-state index in [2.05, 4.69) is 5.32 Å². The summed E-state index contributed by atoms with van der Waals surface area (Å²) in [7, 11) is -3.91. The molecular weight excluding hydrogens is 455 g/mol. The van der Waals surface area contributed by atoms with Gasteiger partial charge in [0.25, 0.3) is 5.69 Å². The van der Waals surface area contributed by atoms with Gasteiger partial charge in [-0.1, -0.05) is 0 Å². The Bertz CT molecular complexity index is 1100. The predicted molar refractivity (Wildman–Crippen MR) is 108 cm³/mol. The van der Waals surface area contributed by atoms with Gasteiger partial charge in [-0.05, 0) is 44.0 Å². The van der Waals surface area contributed by atoms with Crippen molar-refractivity contribution in [1.29, 1.82) is 0 Å². The van der Waals surface area contributed by atoms with Crippen LogP contribution in [0, 0.1) is 17.0 Å². The Balaban J connectivity index is 1.82. The maximum absolute atomic E-state index is 13.5. The van der Waals surface area contributed by atoms with E-state index in [0.717, 1.165) is 24.3 Å². The molecule has 32 heavy (non-hydrogen) atoms. The molecule has 1 aliphatic heterocycles. The molecule has 176 valence electrons. The number of nitrogens with one attached hydrogen (secondary N) is 1. The van der Waals surface area contributed by atoms with Crippen LogP contribution in [0.1, 0.15) is 30.8 Å². The van der Waals surface area contributed by atoms with Gasteiger partial charge in [-0.25, -0.2) is 8.42 Å². The Morgan fingerprint density at radius 3 is 2.41 bits per heavy atom. The number of aryl methyl sites for hydroxylation is 1. The van der Waals surface area contributed by atoms with Gasteiger partial charge in [-0.3, -0.25) is 10.1 Å². The summed E-state index contributed by atoms with van der Waals surface area (Å²) in [6.45, 7) is 1.56. The van der Waals surface area contributed by atoms with Crippen LogP contribution in [-0.4, -0.2) is 48.6 Å². The summed E-state index contributed by atoms with van der Waals surface area (Å²) in [5.74, 6) is -0.507. The van der Waals surface area contributed by atoms with Crippen molar-refractivity contribution in [2.45, 2.75) is 42.9 Å². The molecule has 0 spiro atoms. The molecule has 3 rings (SSSR count). The summed E-state index contributed by atoms with van der Waals surface area (Å²) < 4.78 is 72.1. The fourth-order valence-electron chi connectivity index (χ4n) is 3.49. The number of halogens is 3. The number of rotatable bonds is 8. The molecule has 9 nitrogen and oxygen atoms in total. The second kappa shape index (κ2) is 8.71. The molecule has 2 heterocycles. The molecule has 0 aliphatic carbocycles. The third kappa shape index (κ3) is 4.59. The number of hydrogen-bond donors (Lipinski definition) is 2. The van der Waals surface area contributed by atoms with Crippen molar-refractivity contribution in [2.24, 2.45) is 0 Å². The molecule has 1 aromatic carbocycles. The zero-order valence-electron chi connectivity index (χ0n) is 17.1.